The van der Waals surface area contributed by atoms with E-state index in [1.807, 2.05) is 18.7 Å². The second-order valence-electron chi connectivity index (χ2n) is 5.12. The number of carbonyl (C=O) groups excluding carboxylic acids is 1. The molecule has 1 fully saturated rings. The number of nitro groups is 1. The minimum Gasteiger partial charge on any atom is -0.363 e. The van der Waals surface area contributed by atoms with E-state index in [9.17, 15) is 14.9 Å². The first-order chi connectivity index (χ1) is 10.0. The van der Waals surface area contributed by atoms with E-state index >= 15 is 0 Å². The van der Waals surface area contributed by atoms with Gasteiger partial charge in [-0.1, -0.05) is 0 Å². The minimum atomic E-state index is -0.399. The Bertz CT molecular complexity index is 547. The topological polar surface area (TPSA) is 87.5 Å². The van der Waals surface area contributed by atoms with Gasteiger partial charge in [-0.05, 0) is 26.0 Å². The molecule has 0 aliphatic carbocycles. The normalized spacial score (nSPS) is 18.4. The number of amides is 1. The third kappa shape index (κ3) is 3.49. The zero-order valence-electron chi connectivity index (χ0n) is 12.3. The zero-order valence-corrected chi connectivity index (χ0v) is 12.3. The second kappa shape index (κ2) is 6.53. The fourth-order valence-electron chi connectivity index (χ4n) is 2.49. The van der Waals surface area contributed by atoms with Gasteiger partial charge in [0, 0.05) is 43.9 Å². The van der Waals surface area contributed by atoms with Crippen LogP contribution in [-0.4, -0.2) is 43.1 Å². The highest BCUT2D eigenvalue weighted by Gasteiger charge is 2.24. The van der Waals surface area contributed by atoms with Crippen molar-refractivity contribution in [2.45, 2.75) is 19.9 Å². The quantitative estimate of drug-likeness (QED) is 0.642. The van der Waals surface area contributed by atoms with E-state index in [0.29, 0.717) is 30.9 Å². The number of carbonyl (C=O) groups is 1. The van der Waals surface area contributed by atoms with Gasteiger partial charge in [-0.15, -0.1) is 0 Å². The van der Waals surface area contributed by atoms with Gasteiger partial charge >= 0.3 is 0 Å². The first kappa shape index (κ1) is 15.2. The summed E-state index contributed by atoms with van der Waals surface area (Å²) in [5.74, 6) is -0.211. The van der Waals surface area contributed by atoms with Crippen LogP contribution in [-0.2, 0) is 0 Å². The molecule has 1 saturated heterocycles. The molecule has 1 heterocycles. The van der Waals surface area contributed by atoms with Crippen LogP contribution in [0.1, 0.15) is 24.2 Å². The molecule has 1 aliphatic heterocycles. The van der Waals surface area contributed by atoms with E-state index in [0.717, 1.165) is 6.54 Å². The molecule has 2 rings (SSSR count). The molecule has 7 nitrogen and oxygen atoms in total. The van der Waals surface area contributed by atoms with Crippen LogP contribution in [0.5, 0.6) is 0 Å². The molecular formula is C14H20N4O3. The highest BCUT2D eigenvalue weighted by atomic mass is 16.6. The molecule has 21 heavy (non-hydrogen) atoms. The van der Waals surface area contributed by atoms with Gasteiger partial charge < -0.3 is 15.5 Å². The van der Waals surface area contributed by atoms with Crippen molar-refractivity contribution in [3.63, 3.8) is 0 Å². The van der Waals surface area contributed by atoms with E-state index in [1.165, 1.54) is 12.1 Å². The van der Waals surface area contributed by atoms with Gasteiger partial charge in [0.2, 0.25) is 0 Å². The number of piperazine rings is 1. The van der Waals surface area contributed by atoms with Gasteiger partial charge in [-0.3, -0.25) is 14.9 Å². The average Bonchev–Trinajstić information content (AvgIpc) is 2.46. The van der Waals surface area contributed by atoms with Crippen molar-refractivity contribution >= 4 is 17.3 Å². The summed E-state index contributed by atoms with van der Waals surface area (Å²) in [5.41, 5.74) is 0.998. The monoisotopic (exact) mass is 292 g/mol. The molecule has 1 aromatic carbocycles. The predicted octanol–water partition coefficient (Wildman–Crippen LogP) is 1.14. The van der Waals surface area contributed by atoms with Crippen LogP contribution in [0.25, 0.3) is 0 Å². The van der Waals surface area contributed by atoms with Gasteiger partial charge in [0.25, 0.3) is 11.6 Å². The fraction of sp³-hybridized carbons (Fsp3) is 0.500. The highest BCUT2D eigenvalue weighted by molar-refractivity contribution is 5.96. The van der Waals surface area contributed by atoms with E-state index in [-0.39, 0.29) is 17.6 Å². The zero-order chi connectivity index (χ0) is 15.4. The summed E-state index contributed by atoms with van der Waals surface area (Å²) in [7, 11) is 0. The number of nitrogens with one attached hydrogen (secondary N) is 2. The summed E-state index contributed by atoms with van der Waals surface area (Å²) < 4.78 is 0. The Morgan fingerprint density at radius 2 is 2.33 bits per heavy atom. The molecule has 1 amide bonds. The van der Waals surface area contributed by atoms with Crippen LogP contribution in [0.3, 0.4) is 0 Å². The molecule has 1 aliphatic rings. The van der Waals surface area contributed by atoms with Crippen molar-refractivity contribution in [2.75, 3.05) is 31.1 Å². The lowest BCUT2D eigenvalue weighted by Gasteiger charge is -2.33. The number of anilines is 1. The van der Waals surface area contributed by atoms with E-state index in [4.69, 9.17) is 0 Å². The molecule has 1 atom stereocenters. The maximum atomic E-state index is 11.9. The third-order valence-corrected chi connectivity index (χ3v) is 3.48. The van der Waals surface area contributed by atoms with Crippen LogP contribution >= 0.6 is 0 Å². The van der Waals surface area contributed by atoms with Crippen molar-refractivity contribution in [3.05, 3.63) is 33.9 Å². The first-order valence-corrected chi connectivity index (χ1v) is 7.08. The molecule has 0 spiro atoms. The molecule has 1 aromatic rings. The highest BCUT2D eigenvalue weighted by Crippen LogP contribution is 2.30. The lowest BCUT2D eigenvalue weighted by Crippen LogP contribution is -2.49. The number of rotatable bonds is 4. The van der Waals surface area contributed by atoms with Crippen LogP contribution in [0.15, 0.2) is 18.2 Å². The maximum Gasteiger partial charge on any atom is 0.292 e. The maximum absolute atomic E-state index is 11.9. The molecule has 7 heteroatoms. The van der Waals surface area contributed by atoms with Crippen molar-refractivity contribution in [1.29, 1.82) is 0 Å². The lowest BCUT2D eigenvalue weighted by molar-refractivity contribution is -0.384. The molecule has 2 N–H and O–H groups in total. The van der Waals surface area contributed by atoms with Gasteiger partial charge in [0.15, 0.2) is 0 Å². The molecule has 0 radical (unpaired) electrons. The Labute approximate surface area is 123 Å². The summed E-state index contributed by atoms with van der Waals surface area (Å²) in [6.45, 7) is 6.52. The Hall–Kier alpha value is -2.15. The van der Waals surface area contributed by atoms with Gasteiger partial charge in [0.05, 0.1) is 4.92 Å². The van der Waals surface area contributed by atoms with Crippen LogP contribution < -0.4 is 15.5 Å². The Balaban J connectivity index is 2.37. The summed E-state index contributed by atoms with van der Waals surface area (Å²) in [4.78, 5) is 24.7. The van der Waals surface area contributed by atoms with Crippen molar-refractivity contribution in [2.24, 2.45) is 0 Å². The van der Waals surface area contributed by atoms with Gasteiger partial charge in [0.1, 0.15) is 5.69 Å². The van der Waals surface area contributed by atoms with E-state index in [1.54, 1.807) is 6.07 Å². The third-order valence-electron chi connectivity index (χ3n) is 3.48. The molecule has 0 saturated carbocycles. The number of hydrogen-bond donors (Lipinski definition) is 2. The average molecular weight is 292 g/mol. The number of nitrogens with zero attached hydrogens (tertiary/aromatic N) is 2. The number of hydrogen-bond acceptors (Lipinski definition) is 5. The lowest BCUT2D eigenvalue weighted by atomic mass is 10.1. The van der Waals surface area contributed by atoms with Crippen LogP contribution in [0.2, 0.25) is 0 Å². The standard InChI is InChI=1S/C14H20N4O3/c1-3-15-14(19)11-4-5-12(18(20)21)13(8-11)17-7-6-16-10(2)9-17/h4-5,8,10,16H,3,6-7,9H2,1-2H3,(H,15,19). The SMILES string of the molecule is CCNC(=O)c1ccc([N+](=O)[O-])c(N2CCNC(C)C2)c1. The molecular weight excluding hydrogens is 272 g/mol. The molecule has 1 unspecified atom stereocenters. The smallest absolute Gasteiger partial charge is 0.292 e. The molecule has 0 aromatic heterocycles. The number of benzene rings is 1. The van der Waals surface area contributed by atoms with Crippen molar-refractivity contribution in [1.82, 2.24) is 10.6 Å². The number of nitro benzene ring substituents is 1. The summed E-state index contributed by atoms with van der Waals surface area (Å²) in [5, 5.41) is 17.2. The fourth-order valence-corrected chi connectivity index (χ4v) is 2.49. The first-order valence-electron chi connectivity index (χ1n) is 7.08. The predicted molar refractivity (Wildman–Crippen MR) is 80.8 cm³/mol. The summed E-state index contributed by atoms with van der Waals surface area (Å²) in [6.07, 6.45) is 0. The van der Waals surface area contributed by atoms with Crippen LogP contribution in [0, 0.1) is 10.1 Å². The van der Waals surface area contributed by atoms with Gasteiger partial charge in [-0.25, -0.2) is 0 Å². The van der Waals surface area contributed by atoms with Crippen molar-refractivity contribution < 1.29 is 9.72 Å². The summed E-state index contributed by atoms with van der Waals surface area (Å²) >= 11 is 0. The Kier molecular flexibility index (Phi) is 4.74. The second-order valence-corrected chi connectivity index (χ2v) is 5.12. The van der Waals surface area contributed by atoms with Crippen LogP contribution in [0.4, 0.5) is 11.4 Å². The van der Waals surface area contributed by atoms with Gasteiger partial charge in [-0.2, -0.15) is 0 Å². The minimum absolute atomic E-state index is 0.0390. The summed E-state index contributed by atoms with van der Waals surface area (Å²) in [6, 6.07) is 4.78. The Morgan fingerprint density at radius 1 is 1.57 bits per heavy atom. The Morgan fingerprint density at radius 3 is 2.95 bits per heavy atom. The van der Waals surface area contributed by atoms with E-state index in [2.05, 4.69) is 10.6 Å². The largest absolute Gasteiger partial charge is 0.363 e. The van der Waals surface area contributed by atoms with Crippen molar-refractivity contribution in [3.8, 4) is 0 Å². The van der Waals surface area contributed by atoms with E-state index < -0.39 is 4.92 Å². The molecule has 114 valence electrons. The molecule has 0 bridgehead atoms.